The molecular weight excluding hydrogens is 291 g/mol. The maximum absolute atomic E-state index is 13.5. The fraction of sp³-hybridized carbons (Fsp3) is 0.444. The molecule has 0 amide bonds. The Labute approximate surface area is 135 Å². The minimum atomic E-state index is -0.235. The van der Waals surface area contributed by atoms with Crippen LogP contribution in [0.1, 0.15) is 38.4 Å². The summed E-state index contributed by atoms with van der Waals surface area (Å²) >= 11 is 0. The number of nitrogens with zero attached hydrogens (tertiary/aromatic N) is 3. The molecule has 5 heteroatoms. The predicted molar refractivity (Wildman–Crippen MR) is 89.5 cm³/mol. The van der Waals surface area contributed by atoms with Crippen LogP contribution in [-0.2, 0) is 6.42 Å². The first-order chi connectivity index (χ1) is 11.2. The summed E-state index contributed by atoms with van der Waals surface area (Å²) in [6.45, 7) is 2.32. The van der Waals surface area contributed by atoms with Gasteiger partial charge in [0.25, 0.3) is 0 Å². The van der Waals surface area contributed by atoms with Gasteiger partial charge in [-0.25, -0.2) is 14.1 Å². The second-order valence-electron chi connectivity index (χ2n) is 6.68. The third kappa shape index (κ3) is 2.87. The van der Waals surface area contributed by atoms with E-state index in [2.05, 4.69) is 17.3 Å². The number of fused-ring (bicyclic) bond motifs is 1. The van der Waals surface area contributed by atoms with Crippen molar-refractivity contribution >= 4 is 5.84 Å². The molecule has 0 saturated heterocycles. The number of hydrogen-bond donors (Lipinski definition) is 1. The third-order valence-electron chi connectivity index (χ3n) is 4.85. The molecule has 0 bridgehead atoms. The van der Waals surface area contributed by atoms with Gasteiger partial charge in [-0.1, -0.05) is 19.1 Å². The highest BCUT2D eigenvalue weighted by Crippen LogP contribution is 2.27. The number of nitrogens with one attached hydrogen (secondary N) is 1. The van der Waals surface area contributed by atoms with Crippen molar-refractivity contribution in [1.29, 1.82) is 0 Å². The Morgan fingerprint density at radius 1 is 1.26 bits per heavy atom. The van der Waals surface area contributed by atoms with E-state index in [-0.39, 0.29) is 5.82 Å². The summed E-state index contributed by atoms with van der Waals surface area (Å²) in [4.78, 5) is 9.33. The van der Waals surface area contributed by atoms with Crippen LogP contribution in [0.15, 0.2) is 35.5 Å². The monoisotopic (exact) mass is 312 g/mol. The van der Waals surface area contributed by atoms with Crippen molar-refractivity contribution in [2.45, 2.75) is 45.1 Å². The van der Waals surface area contributed by atoms with Crippen LogP contribution < -0.4 is 5.43 Å². The number of imidazole rings is 1. The van der Waals surface area contributed by atoms with Crippen molar-refractivity contribution in [2.24, 2.45) is 10.9 Å². The minimum absolute atomic E-state index is 0.235. The Kier molecular flexibility index (Phi) is 3.63. The molecule has 2 aromatic rings. The largest absolute Gasteiger partial charge is 0.279 e. The average Bonchev–Trinajstić information content (AvgIpc) is 3.09. The summed E-state index contributed by atoms with van der Waals surface area (Å²) in [7, 11) is 0. The maximum Gasteiger partial charge on any atom is 0.136 e. The lowest BCUT2D eigenvalue weighted by Crippen LogP contribution is -2.21. The summed E-state index contributed by atoms with van der Waals surface area (Å²) in [5, 5.41) is 0. The number of rotatable bonds is 2. The van der Waals surface area contributed by atoms with Gasteiger partial charge in [-0.2, -0.15) is 0 Å². The molecule has 1 aliphatic carbocycles. The van der Waals surface area contributed by atoms with E-state index in [0.717, 1.165) is 35.3 Å². The number of benzene rings is 1. The highest BCUT2D eigenvalue weighted by atomic mass is 19.1. The van der Waals surface area contributed by atoms with Crippen molar-refractivity contribution in [3.05, 3.63) is 42.1 Å². The predicted octanol–water partition coefficient (Wildman–Crippen LogP) is 3.77. The van der Waals surface area contributed by atoms with E-state index in [0.29, 0.717) is 6.04 Å². The Morgan fingerprint density at radius 2 is 2.09 bits per heavy atom. The molecule has 1 saturated carbocycles. The van der Waals surface area contributed by atoms with Gasteiger partial charge >= 0.3 is 0 Å². The van der Waals surface area contributed by atoms with Crippen LogP contribution in [0, 0.1) is 11.7 Å². The zero-order valence-corrected chi connectivity index (χ0v) is 13.3. The molecule has 1 aliphatic heterocycles. The van der Waals surface area contributed by atoms with Gasteiger partial charge in [0.1, 0.15) is 17.5 Å². The molecule has 0 unspecified atom stereocenters. The molecule has 1 fully saturated rings. The SMILES string of the molecule is CC1CCC(N=C2Cc3ncc(-c4cccc(F)c4)n3N2)CC1. The van der Waals surface area contributed by atoms with Gasteiger partial charge in [-0.05, 0) is 43.7 Å². The Bertz CT molecular complexity index is 741. The van der Waals surface area contributed by atoms with Crippen molar-refractivity contribution in [3.63, 3.8) is 0 Å². The van der Waals surface area contributed by atoms with Gasteiger partial charge < -0.3 is 0 Å². The second kappa shape index (κ2) is 5.80. The summed E-state index contributed by atoms with van der Waals surface area (Å²) in [6, 6.07) is 7.03. The van der Waals surface area contributed by atoms with Gasteiger partial charge in [-0.15, -0.1) is 0 Å². The molecule has 1 N–H and O–H groups in total. The van der Waals surface area contributed by atoms with E-state index in [4.69, 9.17) is 4.99 Å². The Balaban J connectivity index is 1.54. The van der Waals surface area contributed by atoms with Crippen LogP contribution in [0.2, 0.25) is 0 Å². The number of halogens is 1. The van der Waals surface area contributed by atoms with Crippen LogP contribution in [0.5, 0.6) is 0 Å². The van der Waals surface area contributed by atoms with Crippen molar-refractivity contribution in [2.75, 3.05) is 5.43 Å². The van der Waals surface area contributed by atoms with E-state index in [1.807, 2.05) is 10.7 Å². The number of hydrogen-bond acceptors (Lipinski definition) is 2. The molecular formula is C18H21FN4. The van der Waals surface area contributed by atoms with Crippen LogP contribution in [0.3, 0.4) is 0 Å². The van der Waals surface area contributed by atoms with Gasteiger partial charge in [-0.3, -0.25) is 10.4 Å². The van der Waals surface area contributed by atoms with Crippen LogP contribution in [0.4, 0.5) is 4.39 Å². The summed E-state index contributed by atoms with van der Waals surface area (Å²) in [5.74, 6) is 2.51. The molecule has 2 aliphatic rings. The van der Waals surface area contributed by atoms with Crippen molar-refractivity contribution in [1.82, 2.24) is 9.66 Å². The molecule has 23 heavy (non-hydrogen) atoms. The molecule has 1 aromatic heterocycles. The van der Waals surface area contributed by atoms with E-state index in [1.54, 1.807) is 12.3 Å². The Hall–Kier alpha value is -2.17. The standard InChI is InChI=1S/C18H21FN4/c1-12-5-7-15(8-6-12)21-17-10-18-20-11-16(23(18)22-17)13-3-2-4-14(19)9-13/h2-4,9,11-12,15H,5-8,10H2,1H3,(H,21,22). The molecule has 4 nitrogen and oxygen atoms in total. The number of aliphatic imine (C=N–C) groups is 1. The fourth-order valence-electron chi connectivity index (χ4n) is 3.48. The molecule has 4 rings (SSSR count). The average molecular weight is 312 g/mol. The fourth-order valence-corrected chi connectivity index (χ4v) is 3.48. The van der Waals surface area contributed by atoms with Crippen molar-refractivity contribution in [3.8, 4) is 11.3 Å². The number of amidine groups is 1. The normalized spacial score (nSPS) is 25.4. The first-order valence-electron chi connectivity index (χ1n) is 8.35. The molecule has 1 aromatic carbocycles. The van der Waals surface area contributed by atoms with E-state index in [9.17, 15) is 4.39 Å². The number of aromatic nitrogens is 2. The quantitative estimate of drug-likeness (QED) is 0.917. The lowest BCUT2D eigenvalue weighted by molar-refractivity contribution is 0.349. The topological polar surface area (TPSA) is 42.2 Å². The minimum Gasteiger partial charge on any atom is -0.279 e. The third-order valence-corrected chi connectivity index (χ3v) is 4.85. The van der Waals surface area contributed by atoms with E-state index >= 15 is 0 Å². The van der Waals surface area contributed by atoms with Crippen LogP contribution in [0.25, 0.3) is 11.3 Å². The zero-order valence-electron chi connectivity index (χ0n) is 13.3. The van der Waals surface area contributed by atoms with Gasteiger partial charge in [0.05, 0.1) is 24.4 Å². The molecule has 0 atom stereocenters. The van der Waals surface area contributed by atoms with Gasteiger partial charge in [0.2, 0.25) is 0 Å². The van der Waals surface area contributed by atoms with Crippen LogP contribution >= 0.6 is 0 Å². The first-order valence-corrected chi connectivity index (χ1v) is 8.35. The lowest BCUT2D eigenvalue weighted by atomic mass is 9.88. The first kappa shape index (κ1) is 14.4. The highest BCUT2D eigenvalue weighted by Gasteiger charge is 2.24. The maximum atomic E-state index is 13.5. The Morgan fingerprint density at radius 3 is 2.87 bits per heavy atom. The zero-order chi connectivity index (χ0) is 15.8. The molecule has 0 radical (unpaired) electrons. The van der Waals surface area contributed by atoms with E-state index in [1.165, 1.54) is 37.8 Å². The van der Waals surface area contributed by atoms with Crippen LogP contribution in [-0.4, -0.2) is 21.5 Å². The summed E-state index contributed by atoms with van der Waals surface area (Å²) < 4.78 is 15.4. The second-order valence-corrected chi connectivity index (χ2v) is 6.68. The molecule has 120 valence electrons. The summed E-state index contributed by atoms with van der Waals surface area (Å²) in [6.07, 6.45) is 7.38. The molecule has 2 heterocycles. The van der Waals surface area contributed by atoms with E-state index < -0.39 is 0 Å². The smallest absolute Gasteiger partial charge is 0.136 e. The van der Waals surface area contributed by atoms with Gasteiger partial charge in [0.15, 0.2) is 0 Å². The van der Waals surface area contributed by atoms with Crippen molar-refractivity contribution < 1.29 is 4.39 Å². The molecule has 0 spiro atoms. The highest BCUT2D eigenvalue weighted by molar-refractivity contribution is 5.94. The lowest BCUT2D eigenvalue weighted by Gasteiger charge is -2.23. The van der Waals surface area contributed by atoms with Gasteiger partial charge in [0, 0.05) is 5.56 Å². The summed E-state index contributed by atoms with van der Waals surface area (Å²) in [5.41, 5.74) is 5.04.